The van der Waals surface area contributed by atoms with Crippen molar-refractivity contribution in [3.05, 3.63) is 46.0 Å². The van der Waals surface area contributed by atoms with E-state index in [4.69, 9.17) is 0 Å². The van der Waals surface area contributed by atoms with Crippen LogP contribution in [0.25, 0.3) is 0 Å². The number of benzene rings is 1. The maximum atomic E-state index is 11.6. The van der Waals surface area contributed by atoms with E-state index in [1.807, 2.05) is 30.3 Å². The summed E-state index contributed by atoms with van der Waals surface area (Å²) in [5, 5.41) is 11.6. The highest BCUT2D eigenvalue weighted by atomic mass is 32.2. The topological polar surface area (TPSA) is 43.1 Å². The highest BCUT2D eigenvalue weighted by Gasteiger charge is 2.31. The van der Waals surface area contributed by atoms with Gasteiger partial charge in [-0.25, -0.2) is 0 Å². The third-order valence-electron chi connectivity index (χ3n) is 4.83. The zero-order valence-electron chi connectivity index (χ0n) is 16.0. The number of thioether (sulfide) groups is 1. The summed E-state index contributed by atoms with van der Waals surface area (Å²) in [6, 6.07) is 9.48. The highest BCUT2D eigenvalue weighted by Crippen LogP contribution is 2.27. The van der Waals surface area contributed by atoms with Crippen LogP contribution >= 0.6 is 11.8 Å². The molecule has 1 aromatic carbocycles. The second-order valence-corrected chi connectivity index (χ2v) is 7.98. The lowest BCUT2D eigenvalue weighted by molar-refractivity contribution is -0.520. The smallest absolute Gasteiger partial charge is 0.228 e. The molecule has 0 aromatic heterocycles. The molecule has 0 saturated heterocycles. The van der Waals surface area contributed by atoms with E-state index in [1.165, 1.54) is 51.4 Å². The molecular weight excluding hydrogens is 330 g/mol. The lowest BCUT2D eigenvalue weighted by Gasteiger charge is -2.20. The molecule has 2 atom stereocenters. The van der Waals surface area contributed by atoms with Crippen molar-refractivity contribution in [2.45, 2.75) is 83.6 Å². The standard InChI is InChI=1S/C21H35NO2S/c1-3-5-6-7-8-9-10-14-17-25-18-21(22(23)24)20(4-2)19-15-12-11-13-16-19/h11-13,15-16,20-21H,3-10,14,17-18H2,1-2H3. The van der Waals surface area contributed by atoms with Crippen LogP contribution in [0.2, 0.25) is 0 Å². The first-order valence-electron chi connectivity index (χ1n) is 9.96. The molecule has 2 unspecified atom stereocenters. The SMILES string of the molecule is CCCCCCCCCCSCC(C(CC)c1ccccc1)[N+](=O)[O-]. The lowest BCUT2D eigenvalue weighted by atomic mass is 9.90. The van der Waals surface area contributed by atoms with Crippen LogP contribution in [0.4, 0.5) is 0 Å². The van der Waals surface area contributed by atoms with Gasteiger partial charge in [-0.1, -0.05) is 89.1 Å². The predicted octanol–water partition coefficient (Wildman–Crippen LogP) is 6.70. The third kappa shape index (κ3) is 9.29. The molecule has 0 heterocycles. The molecule has 0 bridgehead atoms. The number of rotatable bonds is 15. The summed E-state index contributed by atoms with van der Waals surface area (Å²) in [6.45, 7) is 4.30. The minimum absolute atomic E-state index is 0.0160. The van der Waals surface area contributed by atoms with Crippen molar-refractivity contribution in [3.8, 4) is 0 Å². The van der Waals surface area contributed by atoms with Gasteiger partial charge in [0.2, 0.25) is 6.04 Å². The molecule has 3 nitrogen and oxygen atoms in total. The van der Waals surface area contributed by atoms with Gasteiger partial charge < -0.3 is 0 Å². The van der Waals surface area contributed by atoms with Crippen molar-refractivity contribution in [2.75, 3.05) is 11.5 Å². The molecule has 0 aliphatic carbocycles. The van der Waals surface area contributed by atoms with Gasteiger partial charge in [0.1, 0.15) is 0 Å². The maximum absolute atomic E-state index is 11.6. The van der Waals surface area contributed by atoms with Crippen LogP contribution in [-0.2, 0) is 0 Å². The summed E-state index contributed by atoms with van der Waals surface area (Å²) in [5.41, 5.74) is 1.10. The van der Waals surface area contributed by atoms with Crippen molar-refractivity contribution >= 4 is 11.8 Å². The van der Waals surface area contributed by atoms with E-state index in [0.29, 0.717) is 5.75 Å². The van der Waals surface area contributed by atoms with Gasteiger partial charge in [0.05, 0.1) is 11.7 Å². The highest BCUT2D eigenvalue weighted by molar-refractivity contribution is 7.99. The van der Waals surface area contributed by atoms with Crippen LogP contribution in [0.3, 0.4) is 0 Å². The Bertz CT molecular complexity index is 452. The van der Waals surface area contributed by atoms with Crippen LogP contribution in [0.5, 0.6) is 0 Å². The normalized spacial score (nSPS) is 13.5. The fraction of sp³-hybridized carbons (Fsp3) is 0.714. The molecule has 0 saturated carbocycles. The second kappa shape index (κ2) is 14.2. The zero-order valence-corrected chi connectivity index (χ0v) is 16.8. The summed E-state index contributed by atoms with van der Waals surface area (Å²) >= 11 is 1.76. The number of hydrogen-bond donors (Lipinski definition) is 0. The molecule has 1 rings (SSSR count). The third-order valence-corrected chi connectivity index (χ3v) is 5.99. The van der Waals surface area contributed by atoms with Gasteiger partial charge in [-0.3, -0.25) is 10.1 Å². The van der Waals surface area contributed by atoms with E-state index >= 15 is 0 Å². The van der Waals surface area contributed by atoms with Crippen LogP contribution in [0.1, 0.15) is 83.1 Å². The van der Waals surface area contributed by atoms with E-state index < -0.39 is 6.04 Å². The molecule has 0 N–H and O–H groups in total. The van der Waals surface area contributed by atoms with Gasteiger partial charge in [-0.15, -0.1) is 0 Å². The molecule has 4 heteroatoms. The Hall–Kier alpha value is -1.03. The van der Waals surface area contributed by atoms with Crippen molar-refractivity contribution in [3.63, 3.8) is 0 Å². The Morgan fingerprint density at radius 3 is 2.12 bits per heavy atom. The fourth-order valence-electron chi connectivity index (χ4n) is 3.30. The molecule has 0 aliphatic heterocycles. The summed E-state index contributed by atoms with van der Waals surface area (Å²) in [7, 11) is 0. The first-order chi connectivity index (χ1) is 12.2. The number of nitrogens with zero attached hydrogens (tertiary/aromatic N) is 1. The molecule has 25 heavy (non-hydrogen) atoms. The van der Waals surface area contributed by atoms with Gasteiger partial charge in [-0.05, 0) is 24.2 Å². The van der Waals surface area contributed by atoms with E-state index in [9.17, 15) is 10.1 Å². The van der Waals surface area contributed by atoms with Gasteiger partial charge in [0.25, 0.3) is 0 Å². The molecule has 0 radical (unpaired) electrons. The van der Waals surface area contributed by atoms with Crippen LogP contribution < -0.4 is 0 Å². The Morgan fingerprint density at radius 1 is 0.960 bits per heavy atom. The number of nitro groups is 1. The largest absolute Gasteiger partial charge is 0.264 e. The van der Waals surface area contributed by atoms with Crippen LogP contribution in [0, 0.1) is 10.1 Å². The minimum atomic E-state index is -0.480. The Morgan fingerprint density at radius 2 is 1.56 bits per heavy atom. The monoisotopic (exact) mass is 365 g/mol. The van der Waals surface area contributed by atoms with Crippen LogP contribution in [0.15, 0.2) is 30.3 Å². The zero-order chi connectivity index (χ0) is 18.3. The Kier molecular flexibility index (Phi) is 12.5. The second-order valence-electron chi connectivity index (χ2n) is 6.83. The first-order valence-corrected chi connectivity index (χ1v) is 11.1. The molecule has 1 aromatic rings. The summed E-state index contributed by atoms with van der Waals surface area (Å²) in [5.74, 6) is 1.68. The van der Waals surface area contributed by atoms with Crippen molar-refractivity contribution in [1.82, 2.24) is 0 Å². The summed E-state index contributed by atoms with van der Waals surface area (Å²) < 4.78 is 0. The summed E-state index contributed by atoms with van der Waals surface area (Å²) in [4.78, 5) is 11.5. The Balaban J connectivity index is 2.26. The van der Waals surface area contributed by atoms with E-state index in [-0.39, 0.29) is 10.8 Å². The average Bonchev–Trinajstić information content (AvgIpc) is 2.63. The molecule has 0 aliphatic rings. The van der Waals surface area contributed by atoms with Gasteiger partial charge in [0, 0.05) is 4.92 Å². The van der Waals surface area contributed by atoms with E-state index in [2.05, 4.69) is 13.8 Å². The van der Waals surface area contributed by atoms with Gasteiger partial charge in [-0.2, -0.15) is 11.8 Å². The van der Waals surface area contributed by atoms with E-state index in [0.717, 1.165) is 17.7 Å². The number of hydrogen-bond acceptors (Lipinski definition) is 3. The summed E-state index contributed by atoms with van der Waals surface area (Å²) in [6.07, 6.45) is 11.3. The van der Waals surface area contributed by atoms with E-state index in [1.54, 1.807) is 11.8 Å². The van der Waals surface area contributed by atoms with Crippen molar-refractivity contribution in [2.24, 2.45) is 0 Å². The fourth-order valence-corrected chi connectivity index (χ4v) is 4.47. The van der Waals surface area contributed by atoms with Crippen molar-refractivity contribution in [1.29, 1.82) is 0 Å². The molecular formula is C21H35NO2S. The Labute approximate surface area is 158 Å². The van der Waals surface area contributed by atoms with Gasteiger partial charge >= 0.3 is 0 Å². The number of unbranched alkanes of at least 4 members (excludes halogenated alkanes) is 7. The molecule has 0 spiro atoms. The molecule has 142 valence electrons. The van der Waals surface area contributed by atoms with Crippen LogP contribution in [-0.4, -0.2) is 22.5 Å². The first kappa shape index (κ1) is 22.0. The van der Waals surface area contributed by atoms with Crippen molar-refractivity contribution < 1.29 is 4.92 Å². The average molecular weight is 366 g/mol. The maximum Gasteiger partial charge on any atom is 0.228 e. The minimum Gasteiger partial charge on any atom is -0.264 e. The lowest BCUT2D eigenvalue weighted by Crippen LogP contribution is -2.30. The molecule has 0 amide bonds. The molecule has 0 fully saturated rings. The van der Waals surface area contributed by atoms with Gasteiger partial charge in [0.15, 0.2) is 0 Å². The quantitative estimate of drug-likeness (QED) is 0.197. The predicted molar refractivity (Wildman–Crippen MR) is 110 cm³/mol.